The maximum atomic E-state index is 14.3. The summed E-state index contributed by atoms with van der Waals surface area (Å²) in [5, 5.41) is 9.79. The molecule has 0 saturated heterocycles. The predicted octanol–water partition coefficient (Wildman–Crippen LogP) is 2.95. The fourth-order valence-electron chi connectivity index (χ4n) is 2.52. The number of aliphatic carboxylic acids is 1. The molecule has 2 aromatic carbocycles. The molecule has 2 rings (SSSR count). The number of carboxylic acid groups (broad SMARTS) is 1. The summed E-state index contributed by atoms with van der Waals surface area (Å²) in [7, 11) is 0. The van der Waals surface area contributed by atoms with Gasteiger partial charge in [-0.2, -0.15) is 0 Å². The lowest BCUT2D eigenvalue weighted by Crippen LogP contribution is -2.47. The summed E-state index contributed by atoms with van der Waals surface area (Å²) in [5.74, 6) is -3.16. The summed E-state index contributed by atoms with van der Waals surface area (Å²) >= 11 is 0. The quantitative estimate of drug-likeness (QED) is 0.657. The van der Waals surface area contributed by atoms with E-state index >= 15 is 0 Å². The number of carbonyl (C=O) groups excluding carboxylic acids is 1. The summed E-state index contributed by atoms with van der Waals surface area (Å²) in [6, 6.07) is 14.0. The molecule has 0 fully saturated rings. The van der Waals surface area contributed by atoms with E-state index in [1.165, 1.54) is 18.2 Å². The zero-order valence-corrected chi connectivity index (χ0v) is 12.7. The summed E-state index contributed by atoms with van der Waals surface area (Å²) in [6.45, 7) is 1.59. The van der Waals surface area contributed by atoms with Crippen LogP contribution in [-0.2, 0) is 26.2 Å². The van der Waals surface area contributed by atoms with Crippen molar-refractivity contribution in [1.82, 2.24) is 0 Å². The van der Waals surface area contributed by atoms with Crippen LogP contribution in [0.5, 0.6) is 0 Å². The fourth-order valence-corrected chi connectivity index (χ4v) is 2.52. The number of benzene rings is 2. The van der Waals surface area contributed by atoms with Gasteiger partial charge in [-0.1, -0.05) is 48.5 Å². The molecular formula is C18H17FO4. The largest absolute Gasteiger partial charge is 0.480 e. The van der Waals surface area contributed by atoms with Gasteiger partial charge in [-0.05, 0) is 18.6 Å². The molecule has 0 saturated carbocycles. The second-order valence-corrected chi connectivity index (χ2v) is 5.07. The lowest BCUT2D eigenvalue weighted by molar-refractivity contribution is -0.161. The molecule has 5 heteroatoms. The molecule has 0 heterocycles. The molecule has 0 amide bonds. The van der Waals surface area contributed by atoms with E-state index in [4.69, 9.17) is 4.74 Å². The van der Waals surface area contributed by atoms with Crippen LogP contribution in [0, 0.1) is 5.82 Å². The Bertz CT molecular complexity index is 699. The molecule has 4 nitrogen and oxygen atoms in total. The molecule has 0 spiro atoms. The fraction of sp³-hybridized carbons (Fsp3) is 0.222. The van der Waals surface area contributed by atoms with Gasteiger partial charge in [0, 0.05) is 12.0 Å². The minimum atomic E-state index is -2.12. The molecule has 120 valence electrons. The van der Waals surface area contributed by atoms with E-state index in [2.05, 4.69) is 0 Å². The molecule has 0 aromatic heterocycles. The van der Waals surface area contributed by atoms with E-state index in [-0.39, 0.29) is 18.6 Å². The highest BCUT2D eigenvalue weighted by Crippen LogP contribution is 2.33. The van der Waals surface area contributed by atoms with Gasteiger partial charge in [0.25, 0.3) is 0 Å². The van der Waals surface area contributed by atoms with Crippen LogP contribution in [0.2, 0.25) is 0 Å². The van der Waals surface area contributed by atoms with E-state index in [1.807, 2.05) is 0 Å². The maximum Gasteiger partial charge on any atom is 0.328 e. The molecule has 0 aliphatic carbocycles. The third-order valence-electron chi connectivity index (χ3n) is 3.63. The summed E-state index contributed by atoms with van der Waals surface area (Å²) in [6.07, 6.45) is -0.192. The van der Waals surface area contributed by atoms with Gasteiger partial charge in [-0.3, -0.25) is 9.59 Å². The van der Waals surface area contributed by atoms with Crippen LogP contribution in [0.4, 0.5) is 4.39 Å². The molecule has 23 heavy (non-hydrogen) atoms. The lowest BCUT2D eigenvalue weighted by Gasteiger charge is -2.28. The Morgan fingerprint density at radius 2 is 1.70 bits per heavy atom. The Hall–Kier alpha value is -2.69. The average Bonchev–Trinajstić information content (AvgIpc) is 2.54. The van der Waals surface area contributed by atoms with Gasteiger partial charge in [-0.15, -0.1) is 0 Å². The van der Waals surface area contributed by atoms with Crippen molar-refractivity contribution in [2.75, 3.05) is 6.61 Å². The third-order valence-corrected chi connectivity index (χ3v) is 3.63. The number of hydrogen-bond acceptors (Lipinski definition) is 3. The van der Waals surface area contributed by atoms with Crippen molar-refractivity contribution in [3.05, 3.63) is 71.5 Å². The highest BCUT2D eigenvalue weighted by molar-refractivity contribution is 6.06. The number of carboxylic acids is 1. The van der Waals surface area contributed by atoms with Crippen LogP contribution in [0.15, 0.2) is 54.6 Å². The van der Waals surface area contributed by atoms with Crippen molar-refractivity contribution < 1.29 is 23.8 Å². The van der Waals surface area contributed by atoms with Gasteiger partial charge in [0.15, 0.2) is 5.41 Å². The first kappa shape index (κ1) is 16.7. The first-order chi connectivity index (χ1) is 11.0. The molecule has 1 unspecified atom stereocenters. The van der Waals surface area contributed by atoms with Gasteiger partial charge >= 0.3 is 11.9 Å². The number of rotatable bonds is 6. The smallest absolute Gasteiger partial charge is 0.328 e. The van der Waals surface area contributed by atoms with Crippen LogP contribution in [0.25, 0.3) is 0 Å². The standard InChI is InChI=1S/C18H17FO4/c1-2-23-17(22)18(16(20)21,12-13-8-4-3-5-9-13)14-10-6-7-11-15(14)19/h3-11H,2,12H2,1H3,(H,20,21). The zero-order chi connectivity index (χ0) is 16.9. The van der Waals surface area contributed by atoms with Crippen LogP contribution in [0.1, 0.15) is 18.1 Å². The molecule has 0 bridgehead atoms. The maximum absolute atomic E-state index is 14.3. The van der Waals surface area contributed by atoms with Crippen molar-refractivity contribution in [3.63, 3.8) is 0 Å². The SMILES string of the molecule is CCOC(=O)C(Cc1ccccc1)(C(=O)O)c1ccccc1F. The second-order valence-electron chi connectivity index (χ2n) is 5.07. The summed E-state index contributed by atoms with van der Waals surface area (Å²) in [4.78, 5) is 24.5. The summed E-state index contributed by atoms with van der Waals surface area (Å²) in [5.41, 5.74) is -1.72. The zero-order valence-electron chi connectivity index (χ0n) is 12.7. The van der Waals surface area contributed by atoms with Gasteiger partial charge in [0.2, 0.25) is 0 Å². The number of ether oxygens (including phenoxy) is 1. The Morgan fingerprint density at radius 1 is 1.09 bits per heavy atom. The van der Waals surface area contributed by atoms with Crippen LogP contribution in [-0.4, -0.2) is 23.7 Å². The van der Waals surface area contributed by atoms with Crippen LogP contribution >= 0.6 is 0 Å². The van der Waals surface area contributed by atoms with Gasteiger partial charge in [0.05, 0.1) is 6.61 Å². The van der Waals surface area contributed by atoms with Gasteiger partial charge in [0.1, 0.15) is 5.82 Å². The van der Waals surface area contributed by atoms with Crippen molar-refractivity contribution in [3.8, 4) is 0 Å². The molecule has 0 aliphatic heterocycles. The monoisotopic (exact) mass is 316 g/mol. The summed E-state index contributed by atoms with van der Waals surface area (Å²) < 4.78 is 19.2. The van der Waals surface area contributed by atoms with E-state index in [0.717, 1.165) is 6.07 Å². The molecule has 0 aliphatic rings. The average molecular weight is 316 g/mol. The highest BCUT2D eigenvalue weighted by atomic mass is 19.1. The number of carbonyl (C=O) groups is 2. The Balaban J connectivity index is 2.63. The molecule has 2 aromatic rings. The molecular weight excluding hydrogens is 299 g/mol. The lowest BCUT2D eigenvalue weighted by atomic mass is 9.75. The highest BCUT2D eigenvalue weighted by Gasteiger charge is 2.51. The molecule has 0 radical (unpaired) electrons. The first-order valence-corrected chi connectivity index (χ1v) is 7.22. The third kappa shape index (κ3) is 3.23. The number of halogens is 1. The van der Waals surface area contributed by atoms with Gasteiger partial charge < -0.3 is 9.84 Å². The molecule has 1 N–H and O–H groups in total. The van der Waals surface area contributed by atoms with Crippen molar-refractivity contribution in [1.29, 1.82) is 0 Å². The minimum Gasteiger partial charge on any atom is -0.480 e. The number of esters is 1. The van der Waals surface area contributed by atoms with E-state index in [0.29, 0.717) is 5.56 Å². The normalized spacial score (nSPS) is 13.1. The van der Waals surface area contributed by atoms with E-state index in [9.17, 15) is 19.1 Å². The van der Waals surface area contributed by atoms with Crippen molar-refractivity contribution in [2.24, 2.45) is 0 Å². The Labute approximate surface area is 133 Å². The minimum absolute atomic E-state index is 0.0110. The van der Waals surface area contributed by atoms with Crippen molar-refractivity contribution in [2.45, 2.75) is 18.8 Å². The van der Waals surface area contributed by atoms with Crippen molar-refractivity contribution >= 4 is 11.9 Å². The topological polar surface area (TPSA) is 63.6 Å². The Kier molecular flexibility index (Phi) is 5.11. The van der Waals surface area contributed by atoms with E-state index in [1.54, 1.807) is 37.3 Å². The molecule has 1 atom stereocenters. The van der Waals surface area contributed by atoms with Crippen LogP contribution < -0.4 is 0 Å². The number of hydrogen-bond donors (Lipinski definition) is 1. The van der Waals surface area contributed by atoms with Crippen LogP contribution in [0.3, 0.4) is 0 Å². The van der Waals surface area contributed by atoms with E-state index < -0.39 is 23.2 Å². The first-order valence-electron chi connectivity index (χ1n) is 7.22. The van der Waals surface area contributed by atoms with Gasteiger partial charge in [-0.25, -0.2) is 4.39 Å². The second kappa shape index (κ2) is 7.05. The predicted molar refractivity (Wildman–Crippen MR) is 82.5 cm³/mol. The Morgan fingerprint density at radius 3 is 2.26 bits per heavy atom.